The molecular formula is C11H11BrFNO3. The fraction of sp³-hybridized carbons (Fsp3) is 0.273. The van der Waals surface area contributed by atoms with E-state index in [1.165, 1.54) is 32.2 Å². The number of benzene rings is 1. The van der Waals surface area contributed by atoms with Gasteiger partial charge < -0.3 is 10.1 Å². The van der Waals surface area contributed by atoms with Crippen LogP contribution in [0.2, 0.25) is 0 Å². The van der Waals surface area contributed by atoms with Crippen LogP contribution >= 0.6 is 15.9 Å². The Labute approximate surface area is 106 Å². The third-order valence-electron chi connectivity index (χ3n) is 2.10. The zero-order chi connectivity index (χ0) is 13.0. The van der Waals surface area contributed by atoms with Crippen LogP contribution in [0, 0.1) is 5.82 Å². The van der Waals surface area contributed by atoms with Crippen LogP contribution in [0.3, 0.4) is 0 Å². The maximum atomic E-state index is 13.2. The summed E-state index contributed by atoms with van der Waals surface area (Å²) in [5.41, 5.74) is 0.126. The van der Waals surface area contributed by atoms with E-state index in [-0.39, 0.29) is 10.0 Å². The van der Waals surface area contributed by atoms with Crippen molar-refractivity contribution in [1.29, 1.82) is 0 Å². The average molecular weight is 304 g/mol. The molecule has 1 aromatic rings. The minimum Gasteiger partial charge on any atom is -0.467 e. The van der Waals surface area contributed by atoms with Gasteiger partial charge >= 0.3 is 5.97 Å². The SMILES string of the molecule is COC(=O)C(C)NC(=O)c1cccc(F)c1Br. The molecule has 0 saturated carbocycles. The minimum absolute atomic E-state index is 0.0644. The Morgan fingerprint density at radius 2 is 2.12 bits per heavy atom. The molecule has 1 N–H and O–H groups in total. The highest BCUT2D eigenvalue weighted by atomic mass is 79.9. The number of rotatable bonds is 3. The van der Waals surface area contributed by atoms with Crippen molar-refractivity contribution in [2.24, 2.45) is 0 Å². The maximum absolute atomic E-state index is 13.2. The van der Waals surface area contributed by atoms with Crippen LogP contribution in [0.15, 0.2) is 22.7 Å². The van der Waals surface area contributed by atoms with E-state index >= 15 is 0 Å². The predicted octanol–water partition coefficient (Wildman–Crippen LogP) is 1.88. The molecule has 0 fully saturated rings. The smallest absolute Gasteiger partial charge is 0.328 e. The molecule has 0 heterocycles. The molecule has 1 atom stereocenters. The van der Waals surface area contributed by atoms with E-state index in [1.807, 2.05) is 0 Å². The molecule has 0 saturated heterocycles. The first-order valence-electron chi connectivity index (χ1n) is 4.80. The number of hydrogen-bond acceptors (Lipinski definition) is 3. The van der Waals surface area contributed by atoms with E-state index in [0.29, 0.717) is 0 Å². The summed E-state index contributed by atoms with van der Waals surface area (Å²) in [4.78, 5) is 22.8. The third-order valence-corrected chi connectivity index (χ3v) is 2.90. The van der Waals surface area contributed by atoms with Crippen LogP contribution in [0.25, 0.3) is 0 Å². The number of halogens is 2. The van der Waals surface area contributed by atoms with Crippen molar-refractivity contribution in [3.05, 3.63) is 34.1 Å². The van der Waals surface area contributed by atoms with Gasteiger partial charge in [-0.15, -0.1) is 0 Å². The lowest BCUT2D eigenvalue weighted by atomic mass is 10.2. The van der Waals surface area contributed by atoms with E-state index in [2.05, 4.69) is 26.0 Å². The molecule has 0 spiro atoms. The second-order valence-electron chi connectivity index (χ2n) is 3.32. The number of ether oxygens (including phenoxy) is 1. The molecule has 0 aliphatic carbocycles. The van der Waals surface area contributed by atoms with Crippen LogP contribution in [-0.2, 0) is 9.53 Å². The lowest BCUT2D eigenvalue weighted by Crippen LogP contribution is -2.39. The van der Waals surface area contributed by atoms with Gasteiger partial charge in [0.25, 0.3) is 5.91 Å². The number of amides is 1. The molecule has 0 aliphatic heterocycles. The maximum Gasteiger partial charge on any atom is 0.328 e. The third kappa shape index (κ3) is 3.26. The normalized spacial score (nSPS) is 11.8. The molecule has 1 aromatic carbocycles. The molecule has 1 rings (SSSR count). The van der Waals surface area contributed by atoms with Crippen molar-refractivity contribution in [3.63, 3.8) is 0 Å². The first-order valence-corrected chi connectivity index (χ1v) is 5.59. The summed E-state index contributed by atoms with van der Waals surface area (Å²) in [6, 6.07) is 3.30. The van der Waals surface area contributed by atoms with Crippen molar-refractivity contribution >= 4 is 27.8 Å². The van der Waals surface area contributed by atoms with Crippen molar-refractivity contribution in [3.8, 4) is 0 Å². The first-order chi connectivity index (χ1) is 7.97. The monoisotopic (exact) mass is 303 g/mol. The number of hydrogen-bond donors (Lipinski definition) is 1. The molecule has 1 amide bonds. The van der Waals surface area contributed by atoms with Gasteiger partial charge in [0.1, 0.15) is 11.9 Å². The highest BCUT2D eigenvalue weighted by Gasteiger charge is 2.19. The summed E-state index contributed by atoms with van der Waals surface area (Å²) in [5, 5.41) is 2.40. The number of carbonyl (C=O) groups is 2. The highest BCUT2D eigenvalue weighted by Crippen LogP contribution is 2.20. The highest BCUT2D eigenvalue weighted by molar-refractivity contribution is 9.10. The number of methoxy groups -OCH3 is 1. The Hall–Kier alpha value is -1.43. The van der Waals surface area contributed by atoms with Gasteiger partial charge in [-0.05, 0) is 35.0 Å². The largest absolute Gasteiger partial charge is 0.467 e. The van der Waals surface area contributed by atoms with Crippen molar-refractivity contribution in [2.45, 2.75) is 13.0 Å². The van der Waals surface area contributed by atoms with Gasteiger partial charge in [0, 0.05) is 0 Å². The Morgan fingerprint density at radius 1 is 1.47 bits per heavy atom. The lowest BCUT2D eigenvalue weighted by molar-refractivity contribution is -0.142. The van der Waals surface area contributed by atoms with Crippen LogP contribution < -0.4 is 5.32 Å². The summed E-state index contributed by atoms with van der Waals surface area (Å²) in [6.45, 7) is 1.48. The van der Waals surface area contributed by atoms with E-state index in [4.69, 9.17) is 0 Å². The molecule has 1 unspecified atom stereocenters. The van der Waals surface area contributed by atoms with Gasteiger partial charge in [-0.2, -0.15) is 0 Å². The molecule has 17 heavy (non-hydrogen) atoms. The quantitative estimate of drug-likeness (QED) is 0.868. The van der Waals surface area contributed by atoms with Crippen LogP contribution in [0.4, 0.5) is 4.39 Å². The van der Waals surface area contributed by atoms with Gasteiger partial charge in [0.15, 0.2) is 0 Å². The zero-order valence-electron chi connectivity index (χ0n) is 9.29. The number of carbonyl (C=O) groups excluding carboxylic acids is 2. The van der Waals surface area contributed by atoms with Crippen molar-refractivity contribution < 1.29 is 18.7 Å². The van der Waals surface area contributed by atoms with Gasteiger partial charge in [0.2, 0.25) is 0 Å². The molecule has 92 valence electrons. The summed E-state index contributed by atoms with van der Waals surface area (Å²) in [7, 11) is 1.23. The molecular weight excluding hydrogens is 293 g/mol. The molecule has 4 nitrogen and oxygen atoms in total. The average Bonchev–Trinajstić information content (AvgIpc) is 2.31. The van der Waals surface area contributed by atoms with Crippen molar-refractivity contribution in [1.82, 2.24) is 5.32 Å². The first kappa shape index (κ1) is 13.6. The Morgan fingerprint density at radius 3 is 2.71 bits per heavy atom. The van der Waals surface area contributed by atoms with Crippen LogP contribution in [0.5, 0.6) is 0 Å². The Kier molecular flexibility index (Phi) is 4.62. The van der Waals surface area contributed by atoms with Gasteiger partial charge in [-0.3, -0.25) is 4.79 Å². The zero-order valence-corrected chi connectivity index (χ0v) is 10.9. The van der Waals surface area contributed by atoms with Gasteiger partial charge in [-0.1, -0.05) is 6.07 Å². The molecule has 0 radical (unpaired) electrons. The molecule has 0 aliphatic rings. The van der Waals surface area contributed by atoms with Crippen LogP contribution in [0.1, 0.15) is 17.3 Å². The number of nitrogens with one attached hydrogen (secondary N) is 1. The standard InChI is InChI=1S/C11H11BrFNO3/c1-6(11(16)17-2)14-10(15)7-4-3-5-8(13)9(7)12/h3-6H,1-2H3,(H,14,15). The topological polar surface area (TPSA) is 55.4 Å². The van der Waals surface area contributed by atoms with E-state index in [0.717, 1.165) is 0 Å². The molecule has 0 bridgehead atoms. The van der Waals surface area contributed by atoms with Crippen molar-refractivity contribution in [2.75, 3.05) is 7.11 Å². The molecule has 6 heteroatoms. The summed E-state index contributed by atoms with van der Waals surface area (Å²) >= 11 is 2.97. The second kappa shape index (κ2) is 5.77. The van der Waals surface area contributed by atoms with E-state index in [9.17, 15) is 14.0 Å². The summed E-state index contributed by atoms with van der Waals surface area (Å²) < 4.78 is 17.7. The van der Waals surface area contributed by atoms with Gasteiger partial charge in [0.05, 0.1) is 17.1 Å². The van der Waals surface area contributed by atoms with E-state index < -0.39 is 23.7 Å². The fourth-order valence-corrected chi connectivity index (χ4v) is 1.63. The lowest BCUT2D eigenvalue weighted by Gasteiger charge is -2.12. The Bertz CT molecular complexity index is 450. The Balaban J connectivity index is 2.84. The predicted molar refractivity (Wildman–Crippen MR) is 63.0 cm³/mol. The van der Waals surface area contributed by atoms with Gasteiger partial charge in [-0.25, -0.2) is 9.18 Å². The summed E-state index contributed by atoms with van der Waals surface area (Å²) in [6.07, 6.45) is 0. The van der Waals surface area contributed by atoms with E-state index in [1.54, 1.807) is 0 Å². The second-order valence-corrected chi connectivity index (χ2v) is 4.11. The number of esters is 1. The van der Waals surface area contributed by atoms with Crippen LogP contribution in [-0.4, -0.2) is 25.0 Å². The minimum atomic E-state index is -0.789. The molecule has 0 aromatic heterocycles. The summed E-state index contributed by atoms with van der Waals surface area (Å²) in [5.74, 6) is -1.65. The fourth-order valence-electron chi connectivity index (χ4n) is 1.19.